The monoisotopic (exact) mass is 372 g/mol. The fourth-order valence-electron chi connectivity index (χ4n) is 4.72. The van der Waals surface area contributed by atoms with E-state index in [1.54, 1.807) is 7.11 Å². The molecule has 1 heterocycles. The Hall–Kier alpha value is -2.04. The molecule has 1 saturated carbocycles. The van der Waals surface area contributed by atoms with E-state index >= 15 is 0 Å². The predicted octanol–water partition coefficient (Wildman–Crippen LogP) is 3.30. The van der Waals surface area contributed by atoms with Crippen molar-refractivity contribution in [1.29, 1.82) is 0 Å². The van der Waals surface area contributed by atoms with E-state index in [0.29, 0.717) is 26.2 Å². The van der Waals surface area contributed by atoms with Crippen molar-refractivity contribution in [3.63, 3.8) is 0 Å². The van der Waals surface area contributed by atoms with Crippen LogP contribution in [0.2, 0.25) is 0 Å². The molecule has 5 heteroatoms. The van der Waals surface area contributed by atoms with E-state index in [1.165, 1.54) is 0 Å². The minimum atomic E-state index is -0.202. The normalized spacial score (nSPS) is 22.9. The molecule has 0 bridgehead atoms. The van der Waals surface area contributed by atoms with E-state index in [4.69, 9.17) is 4.74 Å². The molecule has 2 unspecified atom stereocenters. The van der Waals surface area contributed by atoms with E-state index in [-0.39, 0.29) is 29.6 Å². The average molecular weight is 373 g/mol. The van der Waals surface area contributed by atoms with Gasteiger partial charge >= 0.3 is 0 Å². The van der Waals surface area contributed by atoms with Gasteiger partial charge in [0.1, 0.15) is 5.75 Å². The fraction of sp³-hybridized carbons (Fsp3) is 0.636. The molecule has 1 aromatic rings. The summed E-state index contributed by atoms with van der Waals surface area (Å²) in [6.45, 7) is 6.54. The fourth-order valence-corrected chi connectivity index (χ4v) is 4.72. The number of hydrogen-bond acceptors (Lipinski definition) is 3. The second kappa shape index (κ2) is 8.77. The number of carbonyl (C=O) groups is 2. The maximum absolute atomic E-state index is 13.2. The molecule has 2 amide bonds. The number of amides is 2. The number of carbonyl (C=O) groups excluding carboxylic acids is 2. The number of likely N-dealkylation sites (tertiary alicyclic amines) is 1. The van der Waals surface area contributed by atoms with Crippen LogP contribution in [0.4, 0.5) is 0 Å². The number of hydrogen-bond donors (Lipinski definition) is 0. The maximum atomic E-state index is 13.2. The van der Waals surface area contributed by atoms with Gasteiger partial charge in [0, 0.05) is 38.0 Å². The van der Waals surface area contributed by atoms with Crippen molar-refractivity contribution in [2.24, 2.45) is 11.8 Å². The Labute approximate surface area is 162 Å². The molecule has 0 spiro atoms. The van der Waals surface area contributed by atoms with Gasteiger partial charge in [0.15, 0.2) is 0 Å². The Morgan fingerprint density at radius 3 is 2.41 bits per heavy atom. The van der Waals surface area contributed by atoms with E-state index in [2.05, 4.69) is 0 Å². The van der Waals surface area contributed by atoms with Crippen molar-refractivity contribution in [3.05, 3.63) is 29.8 Å². The number of ether oxygens (including phenoxy) is 1. The van der Waals surface area contributed by atoms with Crippen LogP contribution in [0, 0.1) is 11.8 Å². The lowest BCUT2D eigenvalue weighted by Crippen LogP contribution is -2.39. The van der Waals surface area contributed by atoms with Gasteiger partial charge in [0.2, 0.25) is 11.8 Å². The molecular weight excluding hydrogens is 340 g/mol. The van der Waals surface area contributed by atoms with Crippen LogP contribution in [-0.4, -0.2) is 54.9 Å². The molecule has 1 aromatic carbocycles. The lowest BCUT2D eigenvalue weighted by Gasteiger charge is -2.26. The van der Waals surface area contributed by atoms with Gasteiger partial charge in [0.05, 0.1) is 13.0 Å². The van der Waals surface area contributed by atoms with Crippen LogP contribution in [0.3, 0.4) is 0 Å². The number of nitrogens with zero attached hydrogens (tertiary/aromatic N) is 2. The molecule has 0 N–H and O–H groups in total. The number of benzene rings is 1. The second-order valence-corrected chi connectivity index (χ2v) is 7.69. The summed E-state index contributed by atoms with van der Waals surface area (Å²) >= 11 is 0. The minimum Gasteiger partial charge on any atom is -0.496 e. The Kier molecular flexibility index (Phi) is 6.40. The molecule has 1 aliphatic heterocycles. The van der Waals surface area contributed by atoms with Gasteiger partial charge in [-0.25, -0.2) is 0 Å². The Morgan fingerprint density at radius 2 is 1.78 bits per heavy atom. The molecule has 2 aliphatic rings. The minimum absolute atomic E-state index is 0.0143. The standard InChI is InChI=1S/C22H32N2O3/c1-4-23(5-2)22(26)19-15-24(21(25)16-10-6-7-11-16)14-18(19)17-12-8-9-13-20(17)27-3/h8-9,12-13,16,18-19H,4-7,10-11,14-15H2,1-3H3. The quantitative estimate of drug-likeness (QED) is 0.770. The topological polar surface area (TPSA) is 49.9 Å². The third kappa shape index (κ3) is 3.97. The largest absolute Gasteiger partial charge is 0.496 e. The van der Waals surface area contributed by atoms with Crippen LogP contribution in [0.5, 0.6) is 5.75 Å². The maximum Gasteiger partial charge on any atom is 0.228 e. The van der Waals surface area contributed by atoms with Crippen LogP contribution in [0.25, 0.3) is 0 Å². The summed E-state index contributed by atoms with van der Waals surface area (Å²) < 4.78 is 5.57. The summed E-state index contributed by atoms with van der Waals surface area (Å²) in [7, 11) is 1.66. The van der Waals surface area contributed by atoms with Gasteiger partial charge < -0.3 is 14.5 Å². The summed E-state index contributed by atoms with van der Waals surface area (Å²) in [5.41, 5.74) is 1.03. The van der Waals surface area contributed by atoms with E-state index < -0.39 is 0 Å². The first-order chi connectivity index (χ1) is 13.1. The van der Waals surface area contributed by atoms with Crippen LogP contribution in [0.15, 0.2) is 24.3 Å². The van der Waals surface area contributed by atoms with Crippen LogP contribution < -0.4 is 4.74 Å². The van der Waals surface area contributed by atoms with Crippen molar-refractivity contribution in [2.75, 3.05) is 33.3 Å². The zero-order valence-electron chi connectivity index (χ0n) is 16.8. The lowest BCUT2D eigenvalue weighted by molar-refractivity contribution is -0.136. The molecule has 3 rings (SSSR count). The smallest absolute Gasteiger partial charge is 0.228 e. The van der Waals surface area contributed by atoms with Gasteiger partial charge in [-0.1, -0.05) is 31.0 Å². The van der Waals surface area contributed by atoms with E-state index in [1.807, 2.05) is 47.9 Å². The highest BCUT2D eigenvalue weighted by molar-refractivity contribution is 5.84. The highest BCUT2D eigenvalue weighted by Crippen LogP contribution is 2.40. The Morgan fingerprint density at radius 1 is 1.11 bits per heavy atom. The molecule has 1 saturated heterocycles. The van der Waals surface area contributed by atoms with E-state index in [0.717, 1.165) is 37.0 Å². The van der Waals surface area contributed by atoms with Crippen molar-refractivity contribution in [1.82, 2.24) is 9.80 Å². The summed E-state index contributed by atoms with van der Waals surface area (Å²) in [5.74, 6) is 1.12. The molecule has 27 heavy (non-hydrogen) atoms. The second-order valence-electron chi connectivity index (χ2n) is 7.69. The summed E-state index contributed by atoms with van der Waals surface area (Å²) in [6, 6.07) is 7.91. The molecular formula is C22H32N2O3. The summed E-state index contributed by atoms with van der Waals surface area (Å²) in [5, 5.41) is 0. The molecule has 2 fully saturated rings. The van der Waals surface area contributed by atoms with Crippen molar-refractivity contribution < 1.29 is 14.3 Å². The number of rotatable bonds is 6. The molecule has 2 atom stereocenters. The van der Waals surface area contributed by atoms with Gasteiger partial charge in [-0.05, 0) is 38.3 Å². The highest BCUT2D eigenvalue weighted by Gasteiger charge is 2.44. The molecule has 5 nitrogen and oxygen atoms in total. The molecule has 0 aromatic heterocycles. The van der Waals surface area contributed by atoms with Crippen molar-refractivity contribution in [2.45, 2.75) is 45.4 Å². The number of para-hydroxylation sites is 1. The third-order valence-corrected chi connectivity index (χ3v) is 6.27. The van der Waals surface area contributed by atoms with Gasteiger partial charge in [-0.3, -0.25) is 9.59 Å². The first kappa shape index (κ1) is 19.7. The van der Waals surface area contributed by atoms with Gasteiger partial charge in [-0.2, -0.15) is 0 Å². The third-order valence-electron chi connectivity index (χ3n) is 6.27. The van der Waals surface area contributed by atoms with Gasteiger partial charge in [0.25, 0.3) is 0 Å². The van der Waals surface area contributed by atoms with Crippen molar-refractivity contribution in [3.8, 4) is 5.75 Å². The van der Waals surface area contributed by atoms with Crippen LogP contribution >= 0.6 is 0 Å². The molecule has 148 valence electrons. The summed E-state index contributed by atoms with van der Waals surface area (Å²) in [6.07, 6.45) is 4.26. The Balaban J connectivity index is 1.89. The zero-order chi connectivity index (χ0) is 19.4. The van der Waals surface area contributed by atoms with Crippen LogP contribution in [-0.2, 0) is 9.59 Å². The highest BCUT2D eigenvalue weighted by atomic mass is 16.5. The van der Waals surface area contributed by atoms with Crippen LogP contribution in [0.1, 0.15) is 51.0 Å². The first-order valence-electron chi connectivity index (χ1n) is 10.3. The zero-order valence-corrected chi connectivity index (χ0v) is 16.8. The predicted molar refractivity (Wildman–Crippen MR) is 106 cm³/mol. The molecule has 1 aliphatic carbocycles. The van der Waals surface area contributed by atoms with Crippen molar-refractivity contribution >= 4 is 11.8 Å². The SMILES string of the molecule is CCN(CC)C(=O)C1CN(C(=O)C2CCCC2)CC1c1ccccc1OC. The molecule has 0 radical (unpaired) electrons. The first-order valence-corrected chi connectivity index (χ1v) is 10.3. The Bertz CT molecular complexity index is 665. The number of methoxy groups -OCH3 is 1. The van der Waals surface area contributed by atoms with Gasteiger partial charge in [-0.15, -0.1) is 0 Å². The lowest BCUT2D eigenvalue weighted by atomic mass is 9.87. The van der Waals surface area contributed by atoms with E-state index in [9.17, 15) is 9.59 Å². The summed E-state index contributed by atoms with van der Waals surface area (Å²) in [4.78, 5) is 30.1. The average Bonchev–Trinajstić information content (AvgIpc) is 3.38.